The van der Waals surface area contributed by atoms with Crippen molar-refractivity contribution in [1.29, 1.82) is 0 Å². The average Bonchev–Trinajstić information content (AvgIpc) is 3.72. The number of hydrogen-bond donors (Lipinski definition) is 10. The van der Waals surface area contributed by atoms with Crippen molar-refractivity contribution in [3.8, 4) is 0 Å². The number of likely N-dealkylation sites (tertiary alicyclic amines) is 1. The van der Waals surface area contributed by atoms with Crippen LogP contribution in [0.3, 0.4) is 0 Å². The molecule has 0 bridgehead atoms. The molecule has 4 rings (SSSR count). The van der Waals surface area contributed by atoms with Crippen molar-refractivity contribution < 1.29 is 76.2 Å². The van der Waals surface area contributed by atoms with Gasteiger partial charge in [-0.05, 0) is 49.2 Å². The Morgan fingerprint density at radius 1 is 1.11 bits per heavy atom. The predicted octanol–water partition coefficient (Wildman–Crippen LogP) is -6.92. The van der Waals surface area contributed by atoms with E-state index in [-0.39, 0.29) is 25.8 Å². The molecule has 3 heterocycles. The Morgan fingerprint density at radius 3 is 2.40 bits per heavy atom. The zero-order valence-corrected chi connectivity index (χ0v) is 30.7. The number of ether oxygens (including phenoxy) is 3. The molecule has 0 aromatic carbocycles. The van der Waals surface area contributed by atoms with Gasteiger partial charge in [-0.2, -0.15) is 0 Å². The van der Waals surface area contributed by atoms with Crippen molar-refractivity contribution in [2.75, 3.05) is 40.0 Å². The molecule has 3 aliphatic heterocycles. The molecule has 0 aromatic heterocycles. The van der Waals surface area contributed by atoms with Gasteiger partial charge >= 0.3 is 0 Å². The van der Waals surface area contributed by atoms with Gasteiger partial charge in [0.1, 0.15) is 49.7 Å². The van der Waals surface area contributed by atoms with E-state index in [0.717, 1.165) is 17.6 Å². The van der Waals surface area contributed by atoms with Crippen LogP contribution in [0.1, 0.15) is 39.5 Å². The summed E-state index contributed by atoms with van der Waals surface area (Å²) in [6.07, 6.45) is -9.76. The number of nitrogens with two attached hydrogens (primary N) is 2. The maximum atomic E-state index is 14.5. The number of amides is 3. The van der Waals surface area contributed by atoms with Crippen molar-refractivity contribution in [1.82, 2.24) is 15.5 Å². The summed E-state index contributed by atoms with van der Waals surface area (Å²) in [5.74, 6) is -3.12. The Bertz CT molecular complexity index is 1420. The van der Waals surface area contributed by atoms with E-state index in [9.17, 15) is 52.9 Å². The van der Waals surface area contributed by atoms with E-state index >= 15 is 0 Å². The van der Waals surface area contributed by atoms with Gasteiger partial charge in [-0.15, -0.1) is 0 Å². The lowest BCUT2D eigenvalue weighted by Gasteiger charge is -2.44. The van der Waals surface area contributed by atoms with Crippen LogP contribution in [0.25, 0.3) is 0 Å². The highest BCUT2D eigenvalue weighted by Crippen LogP contribution is 2.42. The van der Waals surface area contributed by atoms with Crippen LogP contribution < -0.4 is 27.0 Å². The molecule has 304 valence electrons. The van der Waals surface area contributed by atoms with Crippen LogP contribution in [0.15, 0.2) is 11.6 Å². The van der Waals surface area contributed by atoms with Gasteiger partial charge in [0.15, 0.2) is 18.7 Å². The zero-order chi connectivity index (χ0) is 39.4. The second-order valence-corrected chi connectivity index (χ2v) is 15.4. The first-order valence-corrected chi connectivity index (χ1v) is 18.9. The van der Waals surface area contributed by atoms with Crippen LogP contribution in [0.2, 0.25) is 0 Å². The van der Waals surface area contributed by atoms with Crippen molar-refractivity contribution in [3.05, 3.63) is 11.6 Å². The number of methoxy groups -OCH3 is 1. The topological polar surface area (TPSA) is 330 Å². The zero-order valence-electron chi connectivity index (χ0n) is 29.9. The molecular weight excluding hydrogens is 728 g/mol. The summed E-state index contributed by atoms with van der Waals surface area (Å²) in [5, 5.41) is 57.2. The standard InChI is InChI=1S/C31H54N6O15S/c1-14(2)23(35-28(44)22(49-3)13-50-53(46,47)48)29(45)37-17-10-20(51-30-26(42)25(41)24(40)21(12-38)52-30)19(39)9-16(17)8-18(37)27(43)34-6-4-15-5-7-36(11-15)31(32)33/h5,14,16-26,30-31,38-42H,4,6-13,32-33H2,1-3H3,(H,34,43)(H,35,44)(H,46,47,48). The average molecular weight is 783 g/mol. The van der Waals surface area contributed by atoms with Crippen molar-refractivity contribution in [2.24, 2.45) is 23.3 Å². The minimum absolute atomic E-state index is 0.0522. The Labute approximate surface area is 307 Å². The number of aliphatic hydroxyl groups is 5. The summed E-state index contributed by atoms with van der Waals surface area (Å²) in [6, 6.07) is -3.09. The summed E-state index contributed by atoms with van der Waals surface area (Å²) in [6.45, 7) is 3.11. The van der Waals surface area contributed by atoms with E-state index < -0.39 is 127 Å². The molecule has 0 aromatic rings. The van der Waals surface area contributed by atoms with Gasteiger partial charge in [0.05, 0.1) is 25.4 Å². The molecule has 1 saturated carbocycles. The normalized spacial score (nSPS) is 34.5. The van der Waals surface area contributed by atoms with Gasteiger partial charge in [0.25, 0.3) is 5.91 Å². The van der Waals surface area contributed by atoms with E-state index in [1.165, 1.54) is 4.90 Å². The summed E-state index contributed by atoms with van der Waals surface area (Å²) >= 11 is 0. The van der Waals surface area contributed by atoms with E-state index in [1.807, 2.05) is 6.08 Å². The Balaban J connectivity index is 1.56. The first-order valence-electron chi connectivity index (χ1n) is 17.6. The fraction of sp³-hybridized carbons (Fsp3) is 0.839. The summed E-state index contributed by atoms with van der Waals surface area (Å²) in [7, 11) is -4.08. The van der Waals surface area contributed by atoms with Crippen molar-refractivity contribution in [2.45, 2.75) is 113 Å². The van der Waals surface area contributed by atoms with Crippen molar-refractivity contribution >= 4 is 28.1 Å². The summed E-state index contributed by atoms with van der Waals surface area (Å²) in [4.78, 5) is 43.9. The van der Waals surface area contributed by atoms with Crippen LogP contribution in [0.4, 0.5) is 0 Å². The summed E-state index contributed by atoms with van der Waals surface area (Å²) in [5.41, 5.74) is 12.7. The number of quaternary nitrogens is 1. The highest BCUT2D eigenvalue weighted by Gasteiger charge is 2.54. The molecule has 13 unspecified atom stereocenters. The number of carbonyl (C=O) groups is 3. The van der Waals surface area contributed by atoms with E-state index in [1.54, 1.807) is 13.8 Å². The smallest absolute Gasteiger partial charge is 0.252 e. The van der Waals surface area contributed by atoms with Gasteiger partial charge < -0.3 is 64.7 Å². The fourth-order valence-electron chi connectivity index (χ4n) is 7.42. The Morgan fingerprint density at radius 2 is 1.81 bits per heavy atom. The molecule has 3 amide bonds. The van der Waals surface area contributed by atoms with E-state index in [0.29, 0.717) is 19.5 Å². The monoisotopic (exact) mass is 782 g/mol. The van der Waals surface area contributed by atoms with Crippen LogP contribution >= 0.6 is 0 Å². The van der Waals surface area contributed by atoms with Crippen LogP contribution in [0, 0.1) is 11.8 Å². The molecule has 1 aliphatic carbocycles. The van der Waals surface area contributed by atoms with Crippen LogP contribution in [-0.2, 0) is 43.2 Å². The molecule has 13 atom stereocenters. The maximum Gasteiger partial charge on any atom is 0.252 e. The molecule has 3 fully saturated rings. The van der Waals surface area contributed by atoms with E-state index in [2.05, 4.69) is 14.8 Å². The van der Waals surface area contributed by atoms with Gasteiger partial charge in [0, 0.05) is 19.7 Å². The number of rotatable bonds is 16. The minimum atomic E-state index is -5.16. The highest BCUT2D eigenvalue weighted by atomic mass is 32.3. The third kappa shape index (κ3) is 10.7. The molecular formula is C31H54N6O15S. The van der Waals surface area contributed by atoms with Gasteiger partial charge in [-0.25, -0.2) is 8.42 Å². The molecule has 21 nitrogen and oxygen atoms in total. The minimum Gasteiger partial charge on any atom is -0.726 e. The molecule has 0 radical (unpaired) electrons. The van der Waals surface area contributed by atoms with E-state index in [4.69, 9.17) is 25.7 Å². The van der Waals surface area contributed by atoms with Crippen molar-refractivity contribution in [3.63, 3.8) is 0 Å². The first-order chi connectivity index (χ1) is 24.9. The third-order valence-electron chi connectivity index (χ3n) is 10.4. The molecule has 22 heteroatoms. The largest absolute Gasteiger partial charge is 0.726 e. The second-order valence-electron chi connectivity index (χ2n) is 14.4. The number of nitrogens with zero attached hydrogens (tertiary/aromatic N) is 1. The first kappa shape index (κ1) is 43.3. The molecule has 2 saturated heterocycles. The van der Waals surface area contributed by atoms with Gasteiger partial charge in [-0.3, -0.25) is 30.0 Å². The molecule has 0 spiro atoms. The van der Waals surface area contributed by atoms with Gasteiger partial charge in [0.2, 0.25) is 22.2 Å². The van der Waals surface area contributed by atoms with Gasteiger partial charge in [-0.1, -0.05) is 13.8 Å². The molecule has 12 N–H and O–H groups in total. The van der Waals surface area contributed by atoms with Crippen LogP contribution in [-0.4, -0.2) is 175 Å². The fourth-order valence-corrected chi connectivity index (χ4v) is 7.71. The lowest BCUT2D eigenvalue weighted by atomic mass is 9.81. The second kappa shape index (κ2) is 18.5. The number of nitrogens with one attached hydrogen (secondary N) is 3. The Kier molecular flexibility index (Phi) is 15.1. The lowest BCUT2D eigenvalue weighted by molar-refractivity contribution is -0.909. The quantitative estimate of drug-likeness (QED) is 0.0301. The molecule has 4 aliphatic rings. The Hall–Kier alpha value is -2.42. The number of aliphatic hydroxyl groups excluding tert-OH is 5. The SMILES string of the molecule is COC(COS(=O)(=O)[O-])C(=O)NC(C(=O)N1C(C(=O)NCCC2=CC[NH+](C(N)N)C2)CC2CC(O)C(OC3OC(CO)C(O)C(O)C3O)CC21)C(C)C. The number of fused-ring (bicyclic) bond motifs is 1. The third-order valence-corrected chi connectivity index (χ3v) is 10.8. The molecule has 53 heavy (non-hydrogen) atoms. The summed E-state index contributed by atoms with van der Waals surface area (Å²) < 4.78 is 53.6. The van der Waals surface area contributed by atoms with Crippen LogP contribution in [0.5, 0.6) is 0 Å². The number of carbonyl (C=O) groups excluding carboxylic acids is 3. The maximum absolute atomic E-state index is 14.5. The highest BCUT2D eigenvalue weighted by molar-refractivity contribution is 7.80. The lowest BCUT2D eigenvalue weighted by Crippen LogP contribution is -3.18. The number of hydrogen-bond acceptors (Lipinski definition) is 17. The predicted molar refractivity (Wildman–Crippen MR) is 178 cm³/mol.